The monoisotopic (exact) mass is 351 g/mol. The van der Waals surface area contributed by atoms with Crippen LogP contribution >= 0.6 is 27.3 Å². The molecule has 1 amide bonds. The van der Waals surface area contributed by atoms with Crippen LogP contribution < -0.4 is 10.1 Å². The van der Waals surface area contributed by atoms with E-state index < -0.39 is 0 Å². The summed E-state index contributed by atoms with van der Waals surface area (Å²) in [6.45, 7) is 1.88. The van der Waals surface area contributed by atoms with Crippen LogP contribution in [0.25, 0.3) is 0 Å². The van der Waals surface area contributed by atoms with E-state index in [9.17, 15) is 9.59 Å². The van der Waals surface area contributed by atoms with Crippen molar-refractivity contribution in [3.05, 3.63) is 44.1 Å². The van der Waals surface area contributed by atoms with Gasteiger partial charge in [0.25, 0.3) is 5.91 Å². The molecule has 1 aromatic heterocycles. The van der Waals surface area contributed by atoms with Crippen LogP contribution in [0.15, 0.2) is 28.1 Å². The summed E-state index contributed by atoms with van der Waals surface area (Å²) in [4.78, 5) is 24.5. The fourth-order valence-corrected chi connectivity index (χ4v) is 3.40. The molecular formula is C14H10BrNO3S. The third kappa shape index (κ3) is 2.25. The molecule has 0 bridgehead atoms. The number of hydrogen-bond donors (Lipinski definition) is 1. The topological polar surface area (TPSA) is 55.4 Å². The molecule has 2 aromatic rings. The summed E-state index contributed by atoms with van der Waals surface area (Å²) >= 11 is 4.80. The first-order chi connectivity index (χ1) is 9.56. The zero-order valence-electron chi connectivity index (χ0n) is 10.5. The Morgan fingerprint density at radius 1 is 1.45 bits per heavy atom. The van der Waals surface area contributed by atoms with Gasteiger partial charge in [-0.05, 0) is 52.0 Å². The van der Waals surface area contributed by atoms with Crippen LogP contribution in [0, 0.1) is 6.92 Å². The smallest absolute Gasteiger partial charge is 0.262 e. The highest BCUT2D eigenvalue weighted by atomic mass is 79.9. The average molecular weight is 352 g/mol. The van der Waals surface area contributed by atoms with Gasteiger partial charge >= 0.3 is 0 Å². The van der Waals surface area contributed by atoms with Crippen molar-refractivity contribution in [3.8, 4) is 5.75 Å². The van der Waals surface area contributed by atoms with E-state index in [1.807, 2.05) is 18.4 Å². The van der Waals surface area contributed by atoms with Gasteiger partial charge < -0.3 is 10.1 Å². The Balaban J connectivity index is 2.05. The van der Waals surface area contributed by atoms with E-state index in [0.29, 0.717) is 26.4 Å². The molecule has 0 radical (unpaired) electrons. The molecule has 0 saturated heterocycles. The molecule has 102 valence electrons. The molecule has 1 aromatic carbocycles. The molecule has 1 aliphatic rings. The third-order valence-corrected chi connectivity index (χ3v) is 4.69. The third-order valence-electron chi connectivity index (χ3n) is 3.02. The molecule has 1 aliphatic heterocycles. The standard InChI is InChI=1S/C14H10BrNO3S/c1-7-2-3-20-14(7)13(18)8-4-11-10(5-9(8)15)16-12(17)6-19-11/h2-5H,6H2,1H3,(H,16,17). The molecule has 2 heterocycles. The van der Waals surface area contributed by atoms with Crippen LogP contribution in [-0.2, 0) is 4.79 Å². The van der Waals surface area contributed by atoms with Crippen molar-refractivity contribution >= 4 is 44.6 Å². The SMILES string of the molecule is Cc1ccsc1C(=O)c1cc2c(cc1Br)NC(=O)CO2. The van der Waals surface area contributed by atoms with E-state index in [-0.39, 0.29) is 18.3 Å². The number of carbonyl (C=O) groups excluding carboxylic acids is 2. The quantitative estimate of drug-likeness (QED) is 0.843. The fourth-order valence-electron chi connectivity index (χ4n) is 2.00. The molecule has 6 heteroatoms. The number of anilines is 1. The first-order valence-corrected chi connectivity index (χ1v) is 7.58. The second-order valence-electron chi connectivity index (χ2n) is 4.43. The van der Waals surface area contributed by atoms with Gasteiger partial charge in [0, 0.05) is 10.0 Å². The highest BCUT2D eigenvalue weighted by Gasteiger charge is 2.22. The second kappa shape index (κ2) is 5.03. The molecule has 20 heavy (non-hydrogen) atoms. The van der Waals surface area contributed by atoms with E-state index in [1.165, 1.54) is 11.3 Å². The minimum absolute atomic E-state index is 0.0275. The van der Waals surface area contributed by atoms with Gasteiger partial charge in [0.2, 0.25) is 5.78 Å². The Bertz CT molecular complexity index is 723. The number of fused-ring (bicyclic) bond motifs is 1. The molecule has 3 rings (SSSR count). The largest absolute Gasteiger partial charge is 0.482 e. The van der Waals surface area contributed by atoms with Crippen molar-refractivity contribution in [2.24, 2.45) is 0 Å². The maximum Gasteiger partial charge on any atom is 0.262 e. The predicted molar refractivity (Wildman–Crippen MR) is 80.8 cm³/mol. The summed E-state index contributed by atoms with van der Waals surface area (Å²) in [6, 6.07) is 5.28. The van der Waals surface area contributed by atoms with Crippen LogP contribution in [-0.4, -0.2) is 18.3 Å². The van der Waals surface area contributed by atoms with Crippen molar-refractivity contribution in [1.82, 2.24) is 0 Å². The van der Waals surface area contributed by atoms with Crippen LogP contribution in [0.3, 0.4) is 0 Å². The molecule has 0 unspecified atom stereocenters. The minimum Gasteiger partial charge on any atom is -0.482 e. The lowest BCUT2D eigenvalue weighted by molar-refractivity contribution is -0.118. The van der Waals surface area contributed by atoms with Crippen LogP contribution in [0.5, 0.6) is 5.75 Å². The highest BCUT2D eigenvalue weighted by Crippen LogP contribution is 2.35. The van der Waals surface area contributed by atoms with Gasteiger partial charge in [-0.2, -0.15) is 0 Å². The second-order valence-corrected chi connectivity index (χ2v) is 6.20. The first-order valence-electron chi connectivity index (χ1n) is 5.91. The van der Waals surface area contributed by atoms with E-state index in [4.69, 9.17) is 4.74 Å². The van der Waals surface area contributed by atoms with Gasteiger partial charge in [-0.3, -0.25) is 9.59 Å². The van der Waals surface area contributed by atoms with E-state index >= 15 is 0 Å². The summed E-state index contributed by atoms with van der Waals surface area (Å²) < 4.78 is 5.99. The lowest BCUT2D eigenvalue weighted by Gasteiger charge is -2.19. The fraction of sp³-hybridized carbons (Fsp3) is 0.143. The zero-order chi connectivity index (χ0) is 14.3. The Labute approximate surface area is 127 Å². The molecule has 0 saturated carbocycles. The Hall–Kier alpha value is -1.66. The number of aryl methyl sites for hydroxylation is 1. The number of nitrogens with one attached hydrogen (secondary N) is 1. The number of benzene rings is 1. The Morgan fingerprint density at radius 2 is 2.25 bits per heavy atom. The number of carbonyl (C=O) groups is 2. The molecule has 0 fully saturated rings. The lowest BCUT2D eigenvalue weighted by Crippen LogP contribution is -2.25. The average Bonchev–Trinajstić information content (AvgIpc) is 2.83. The number of halogens is 1. The number of thiophene rings is 1. The summed E-state index contributed by atoms with van der Waals surface area (Å²) in [5.74, 6) is 0.274. The van der Waals surface area contributed by atoms with Gasteiger partial charge in [-0.1, -0.05) is 0 Å². The van der Waals surface area contributed by atoms with E-state index in [2.05, 4.69) is 21.2 Å². The lowest BCUT2D eigenvalue weighted by atomic mass is 10.1. The maximum atomic E-state index is 12.5. The van der Waals surface area contributed by atoms with Crippen LogP contribution in [0.4, 0.5) is 5.69 Å². The Morgan fingerprint density at radius 3 is 2.95 bits per heavy atom. The summed E-state index contributed by atoms with van der Waals surface area (Å²) in [5.41, 5.74) is 2.07. The number of hydrogen-bond acceptors (Lipinski definition) is 4. The van der Waals surface area contributed by atoms with Crippen molar-refractivity contribution in [2.75, 3.05) is 11.9 Å². The van der Waals surface area contributed by atoms with Crippen molar-refractivity contribution in [3.63, 3.8) is 0 Å². The van der Waals surface area contributed by atoms with Crippen molar-refractivity contribution in [2.45, 2.75) is 6.92 Å². The first kappa shape index (κ1) is 13.3. The number of ketones is 1. The molecule has 1 N–H and O–H groups in total. The van der Waals surface area contributed by atoms with Crippen molar-refractivity contribution in [1.29, 1.82) is 0 Å². The number of ether oxygens (including phenoxy) is 1. The van der Waals surface area contributed by atoms with Gasteiger partial charge in [0.1, 0.15) is 5.75 Å². The predicted octanol–water partition coefficient (Wildman–Crippen LogP) is 3.38. The van der Waals surface area contributed by atoms with E-state index in [1.54, 1.807) is 12.1 Å². The van der Waals surface area contributed by atoms with Gasteiger partial charge in [0.05, 0.1) is 10.6 Å². The molecular weight excluding hydrogens is 342 g/mol. The summed E-state index contributed by atoms with van der Waals surface area (Å²) in [6.07, 6.45) is 0. The van der Waals surface area contributed by atoms with E-state index in [0.717, 1.165) is 5.56 Å². The summed E-state index contributed by atoms with van der Waals surface area (Å²) in [5, 5.41) is 4.60. The normalized spacial score (nSPS) is 13.4. The van der Waals surface area contributed by atoms with Gasteiger partial charge in [0.15, 0.2) is 6.61 Å². The minimum atomic E-state index is -0.197. The van der Waals surface area contributed by atoms with Gasteiger partial charge in [-0.15, -0.1) is 11.3 Å². The number of amides is 1. The Kier molecular flexibility index (Phi) is 3.35. The van der Waals surface area contributed by atoms with Crippen LogP contribution in [0.2, 0.25) is 0 Å². The molecule has 0 aliphatic carbocycles. The van der Waals surface area contributed by atoms with Gasteiger partial charge in [-0.25, -0.2) is 0 Å². The summed E-state index contributed by atoms with van der Waals surface area (Å²) in [7, 11) is 0. The maximum absolute atomic E-state index is 12.5. The van der Waals surface area contributed by atoms with Crippen molar-refractivity contribution < 1.29 is 14.3 Å². The molecule has 0 spiro atoms. The van der Waals surface area contributed by atoms with Crippen LogP contribution in [0.1, 0.15) is 20.8 Å². The molecule has 0 atom stereocenters. The zero-order valence-corrected chi connectivity index (χ0v) is 12.9. The molecule has 4 nitrogen and oxygen atoms in total. The highest BCUT2D eigenvalue weighted by molar-refractivity contribution is 9.10. The number of rotatable bonds is 2.